The molecule has 0 unspecified atom stereocenters. The monoisotopic (exact) mass is 260 g/mol. The van der Waals surface area contributed by atoms with E-state index in [0.717, 1.165) is 10.8 Å². The Morgan fingerprint density at radius 3 is 2.70 bits per heavy atom. The predicted octanol–water partition coefficient (Wildman–Crippen LogP) is 2.03. The average molecular weight is 260 g/mol. The van der Waals surface area contributed by atoms with Crippen molar-refractivity contribution in [3.8, 4) is 11.4 Å². The summed E-state index contributed by atoms with van der Waals surface area (Å²) in [5.74, 6) is 0. The van der Waals surface area contributed by atoms with Crippen molar-refractivity contribution in [1.82, 2.24) is 30.1 Å². The van der Waals surface area contributed by atoms with Crippen LogP contribution in [0, 0.1) is 0 Å². The summed E-state index contributed by atoms with van der Waals surface area (Å²) in [6.45, 7) is 0. The zero-order valence-electron chi connectivity index (χ0n) is 10.3. The number of aromatic nitrogens is 6. The van der Waals surface area contributed by atoms with Crippen LogP contribution in [-0.4, -0.2) is 30.1 Å². The van der Waals surface area contributed by atoms with E-state index in [1.165, 1.54) is 6.33 Å². The molecule has 0 radical (unpaired) electrons. The SMILES string of the molecule is c1ccc2c(-c3ncnc4nccnc34)nncc2c1. The topological polar surface area (TPSA) is 77.3 Å². The average Bonchev–Trinajstić information content (AvgIpc) is 2.54. The molecule has 0 aliphatic carbocycles. The van der Waals surface area contributed by atoms with Crippen LogP contribution in [0.15, 0.2) is 49.2 Å². The van der Waals surface area contributed by atoms with E-state index in [0.29, 0.717) is 22.6 Å². The van der Waals surface area contributed by atoms with Crippen molar-refractivity contribution < 1.29 is 0 Å². The first-order chi connectivity index (χ1) is 9.93. The summed E-state index contributed by atoms with van der Waals surface area (Å²) < 4.78 is 0. The fourth-order valence-corrected chi connectivity index (χ4v) is 2.17. The minimum absolute atomic E-state index is 0.548. The van der Waals surface area contributed by atoms with Crippen LogP contribution >= 0.6 is 0 Å². The van der Waals surface area contributed by atoms with Crippen LogP contribution in [0.5, 0.6) is 0 Å². The van der Waals surface area contributed by atoms with E-state index in [4.69, 9.17) is 0 Å². The fourth-order valence-electron chi connectivity index (χ4n) is 2.17. The molecule has 0 atom stereocenters. The number of fused-ring (bicyclic) bond motifs is 2. The van der Waals surface area contributed by atoms with Gasteiger partial charge in [-0.25, -0.2) is 19.9 Å². The van der Waals surface area contributed by atoms with Crippen molar-refractivity contribution in [2.75, 3.05) is 0 Å². The number of benzene rings is 1. The van der Waals surface area contributed by atoms with Crippen molar-refractivity contribution in [2.45, 2.75) is 0 Å². The lowest BCUT2D eigenvalue weighted by atomic mass is 10.1. The van der Waals surface area contributed by atoms with Gasteiger partial charge in [-0.3, -0.25) is 0 Å². The molecule has 0 bridgehead atoms. The maximum absolute atomic E-state index is 4.31. The van der Waals surface area contributed by atoms with Crippen molar-refractivity contribution in [3.63, 3.8) is 0 Å². The molecule has 4 aromatic rings. The Kier molecular flexibility index (Phi) is 2.32. The Bertz CT molecular complexity index is 833. The third kappa shape index (κ3) is 1.58. The maximum atomic E-state index is 4.31. The van der Waals surface area contributed by atoms with Crippen LogP contribution in [0.4, 0.5) is 0 Å². The maximum Gasteiger partial charge on any atom is 0.181 e. The fraction of sp³-hybridized carbons (Fsp3) is 0. The highest BCUT2D eigenvalue weighted by molar-refractivity contribution is 5.98. The molecular formula is C14H8N6. The van der Waals surface area contributed by atoms with Crippen LogP contribution in [0.2, 0.25) is 0 Å². The van der Waals surface area contributed by atoms with Gasteiger partial charge in [-0.15, -0.1) is 5.10 Å². The Labute approximate surface area is 113 Å². The van der Waals surface area contributed by atoms with E-state index in [2.05, 4.69) is 30.1 Å². The Morgan fingerprint density at radius 2 is 1.70 bits per heavy atom. The molecule has 0 spiro atoms. The van der Waals surface area contributed by atoms with Gasteiger partial charge < -0.3 is 0 Å². The van der Waals surface area contributed by atoms with Gasteiger partial charge in [0.15, 0.2) is 5.65 Å². The third-order valence-corrected chi connectivity index (χ3v) is 3.06. The summed E-state index contributed by atoms with van der Waals surface area (Å²) in [5.41, 5.74) is 2.51. The number of hydrogen-bond donors (Lipinski definition) is 0. The summed E-state index contributed by atoms with van der Waals surface area (Å²) in [4.78, 5) is 16.9. The van der Waals surface area contributed by atoms with Gasteiger partial charge in [0, 0.05) is 23.2 Å². The van der Waals surface area contributed by atoms with Gasteiger partial charge in [0.25, 0.3) is 0 Å². The summed E-state index contributed by atoms with van der Waals surface area (Å²) in [5, 5.41) is 10.2. The van der Waals surface area contributed by atoms with Gasteiger partial charge >= 0.3 is 0 Å². The highest BCUT2D eigenvalue weighted by Gasteiger charge is 2.13. The van der Waals surface area contributed by atoms with E-state index < -0.39 is 0 Å². The van der Waals surface area contributed by atoms with E-state index in [1.54, 1.807) is 18.6 Å². The van der Waals surface area contributed by atoms with Crippen LogP contribution in [0.25, 0.3) is 33.3 Å². The molecule has 0 amide bonds. The zero-order chi connectivity index (χ0) is 13.4. The van der Waals surface area contributed by atoms with E-state index >= 15 is 0 Å². The molecule has 0 fully saturated rings. The lowest BCUT2D eigenvalue weighted by Crippen LogP contribution is -1.97. The number of hydrogen-bond acceptors (Lipinski definition) is 6. The number of rotatable bonds is 1. The van der Waals surface area contributed by atoms with Crippen LogP contribution in [0.3, 0.4) is 0 Å². The molecule has 1 aromatic carbocycles. The second-order valence-corrected chi connectivity index (χ2v) is 4.23. The van der Waals surface area contributed by atoms with Crippen LogP contribution < -0.4 is 0 Å². The molecule has 6 heteroatoms. The first kappa shape index (κ1) is 10.9. The first-order valence-corrected chi connectivity index (χ1v) is 6.06. The van der Waals surface area contributed by atoms with Crippen LogP contribution in [-0.2, 0) is 0 Å². The smallest absolute Gasteiger partial charge is 0.181 e. The molecule has 94 valence electrons. The van der Waals surface area contributed by atoms with Crippen molar-refractivity contribution in [3.05, 3.63) is 49.2 Å². The number of nitrogens with zero attached hydrogens (tertiary/aromatic N) is 6. The summed E-state index contributed by atoms with van der Waals surface area (Å²) in [7, 11) is 0. The second-order valence-electron chi connectivity index (χ2n) is 4.23. The van der Waals surface area contributed by atoms with Gasteiger partial charge in [0.1, 0.15) is 23.2 Å². The molecule has 3 aromatic heterocycles. The third-order valence-electron chi connectivity index (χ3n) is 3.06. The molecule has 0 aliphatic heterocycles. The molecule has 3 heterocycles. The molecular weight excluding hydrogens is 252 g/mol. The Hall–Kier alpha value is -3.02. The minimum atomic E-state index is 0.548. The zero-order valence-corrected chi connectivity index (χ0v) is 10.3. The van der Waals surface area contributed by atoms with Gasteiger partial charge in [0.05, 0.1) is 6.20 Å². The molecule has 6 nitrogen and oxygen atoms in total. The Balaban J connectivity index is 2.12. The first-order valence-electron chi connectivity index (χ1n) is 6.06. The molecule has 4 rings (SSSR count). The normalized spacial score (nSPS) is 11.0. The summed E-state index contributed by atoms with van der Waals surface area (Å²) >= 11 is 0. The molecule has 0 N–H and O–H groups in total. The largest absolute Gasteiger partial charge is 0.249 e. The van der Waals surface area contributed by atoms with Crippen LogP contribution in [0.1, 0.15) is 0 Å². The second kappa shape index (κ2) is 4.27. The highest BCUT2D eigenvalue weighted by atomic mass is 15.1. The van der Waals surface area contributed by atoms with E-state index in [9.17, 15) is 0 Å². The summed E-state index contributed by atoms with van der Waals surface area (Å²) in [6, 6.07) is 7.90. The molecule has 20 heavy (non-hydrogen) atoms. The predicted molar refractivity (Wildman–Crippen MR) is 73.7 cm³/mol. The Morgan fingerprint density at radius 1 is 0.800 bits per heavy atom. The van der Waals surface area contributed by atoms with Crippen molar-refractivity contribution >= 4 is 21.9 Å². The van der Waals surface area contributed by atoms with Crippen molar-refractivity contribution in [2.24, 2.45) is 0 Å². The van der Waals surface area contributed by atoms with Gasteiger partial charge in [-0.2, -0.15) is 5.10 Å². The summed E-state index contributed by atoms with van der Waals surface area (Å²) in [6.07, 6.45) is 6.42. The van der Waals surface area contributed by atoms with Gasteiger partial charge in [-0.05, 0) is 0 Å². The molecule has 0 saturated heterocycles. The van der Waals surface area contributed by atoms with E-state index in [1.807, 2.05) is 24.3 Å². The van der Waals surface area contributed by atoms with Gasteiger partial charge in [0.2, 0.25) is 0 Å². The standard InChI is InChI=1S/C14H8N6/c1-2-4-10-9(3-1)7-19-20-11(10)12-13-14(18-8-17-12)16-6-5-15-13/h1-8H. The molecule has 0 saturated carbocycles. The highest BCUT2D eigenvalue weighted by Crippen LogP contribution is 2.26. The quantitative estimate of drug-likeness (QED) is 0.521. The minimum Gasteiger partial charge on any atom is -0.249 e. The lowest BCUT2D eigenvalue weighted by Gasteiger charge is -2.05. The van der Waals surface area contributed by atoms with E-state index in [-0.39, 0.29) is 0 Å². The van der Waals surface area contributed by atoms with Crippen molar-refractivity contribution in [1.29, 1.82) is 0 Å². The molecule has 0 aliphatic rings. The van der Waals surface area contributed by atoms with Gasteiger partial charge in [-0.1, -0.05) is 24.3 Å². The lowest BCUT2D eigenvalue weighted by molar-refractivity contribution is 1.04.